The highest BCUT2D eigenvalue weighted by Gasteiger charge is 2.18. The van der Waals surface area contributed by atoms with E-state index in [0.717, 1.165) is 26.3 Å². The molecule has 0 saturated heterocycles. The largest absolute Gasteiger partial charge is 0.330 e. The fourth-order valence-electron chi connectivity index (χ4n) is 2.54. The zero-order valence-corrected chi connectivity index (χ0v) is 17.5. The second-order valence-electron chi connectivity index (χ2n) is 6.77. The van der Waals surface area contributed by atoms with Crippen molar-refractivity contribution < 1.29 is 4.79 Å². The van der Waals surface area contributed by atoms with Crippen molar-refractivity contribution in [1.82, 2.24) is 10.2 Å². The molecule has 1 heterocycles. The maximum atomic E-state index is 12.6. The first-order valence-electron chi connectivity index (χ1n) is 8.90. The number of nitrogens with one attached hydrogen (secondary N) is 1. The number of thioether (sulfide) groups is 1. The van der Waals surface area contributed by atoms with Crippen molar-refractivity contribution >= 4 is 39.7 Å². The normalized spacial score (nSPS) is 12.2. The van der Waals surface area contributed by atoms with Crippen LogP contribution in [0, 0.1) is 6.92 Å². The van der Waals surface area contributed by atoms with Gasteiger partial charge in [0.2, 0.25) is 5.13 Å². The molecular formula is C21H23N3OS2. The van der Waals surface area contributed by atoms with Crippen LogP contribution in [0.2, 0.25) is 0 Å². The zero-order valence-electron chi connectivity index (χ0n) is 15.9. The molecular weight excluding hydrogens is 374 g/mol. The summed E-state index contributed by atoms with van der Waals surface area (Å²) in [6, 6.07) is 16.0. The Labute approximate surface area is 168 Å². The first-order chi connectivity index (χ1) is 12.9. The van der Waals surface area contributed by atoms with Crippen LogP contribution in [0.4, 0.5) is 10.8 Å². The molecule has 1 aromatic heterocycles. The van der Waals surface area contributed by atoms with E-state index in [1.807, 2.05) is 50.2 Å². The van der Waals surface area contributed by atoms with Gasteiger partial charge in [0.1, 0.15) is 0 Å². The first kappa shape index (κ1) is 19.6. The van der Waals surface area contributed by atoms with Crippen molar-refractivity contribution in [1.29, 1.82) is 0 Å². The molecule has 0 aliphatic rings. The number of nitrogens with zero attached hydrogens (tertiary/aromatic N) is 2. The lowest BCUT2D eigenvalue weighted by Crippen LogP contribution is -2.13. The summed E-state index contributed by atoms with van der Waals surface area (Å²) in [5, 5.41) is 12.2. The van der Waals surface area contributed by atoms with E-state index in [2.05, 4.69) is 41.5 Å². The summed E-state index contributed by atoms with van der Waals surface area (Å²) in [5.41, 5.74) is 4.16. The Morgan fingerprint density at radius 1 is 1.00 bits per heavy atom. The van der Waals surface area contributed by atoms with Crippen LogP contribution in [0.25, 0.3) is 0 Å². The number of Topliss-reactive ketones (excluding diaryl/α,β-unsaturated/α-hetero) is 1. The third kappa shape index (κ3) is 5.17. The molecule has 1 N–H and O–H groups in total. The van der Waals surface area contributed by atoms with Crippen LogP contribution in [0.3, 0.4) is 0 Å². The SMILES string of the molecule is Cc1ccc(C(=O)[C@@H](C)Sc2nnc(Nc3ccc(C(C)C)cc3)s2)cc1. The number of rotatable bonds is 7. The lowest BCUT2D eigenvalue weighted by molar-refractivity contribution is 0.0994. The Hall–Kier alpha value is -2.18. The number of hydrogen-bond donors (Lipinski definition) is 1. The molecule has 0 unspecified atom stereocenters. The highest BCUT2D eigenvalue weighted by molar-refractivity contribution is 8.02. The van der Waals surface area contributed by atoms with Crippen molar-refractivity contribution in [2.24, 2.45) is 0 Å². The summed E-state index contributed by atoms with van der Waals surface area (Å²) in [6.45, 7) is 8.27. The molecule has 4 nitrogen and oxygen atoms in total. The Kier molecular flexibility index (Phi) is 6.29. The van der Waals surface area contributed by atoms with Crippen LogP contribution in [-0.4, -0.2) is 21.2 Å². The second-order valence-corrected chi connectivity index (χ2v) is 9.33. The highest BCUT2D eigenvalue weighted by Crippen LogP contribution is 2.32. The van der Waals surface area contributed by atoms with Gasteiger partial charge in [-0.05, 0) is 37.5 Å². The van der Waals surface area contributed by atoms with E-state index in [1.54, 1.807) is 0 Å². The minimum Gasteiger partial charge on any atom is -0.330 e. The monoisotopic (exact) mass is 397 g/mol. The summed E-state index contributed by atoms with van der Waals surface area (Å²) >= 11 is 2.90. The number of aryl methyl sites for hydroxylation is 1. The fourth-order valence-corrected chi connectivity index (χ4v) is 4.53. The molecule has 0 spiro atoms. The summed E-state index contributed by atoms with van der Waals surface area (Å²) in [7, 11) is 0. The van der Waals surface area contributed by atoms with E-state index in [1.165, 1.54) is 28.7 Å². The summed E-state index contributed by atoms with van der Waals surface area (Å²) in [5.74, 6) is 0.616. The van der Waals surface area contributed by atoms with Gasteiger partial charge in [-0.15, -0.1) is 10.2 Å². The average Bonchev–Trinajstić information content (AvgIpc) is 3.09. The van der Waals surface area contributed by atoms with E-state index in [-0.39, 0.29) is 11.0 Å². The van der Waals surface area contributed by atoms with E-state index in [4.69, 9.17) is 0 Å². The molecule has 0 amide bonds. The average molecular weight is 398 g/mol. The van der Waals surface area contributed by atoms with Crippen molar-refractivity contribution in [2.45, 2.75) is 43.2 Å². The molecule has 0 bridgehead atoms. The maximum absolute atomic E-state index is 12.6. The smallest absolute Gasteiger partial charge is 0.210 e. The van der Waals surface area contributed by atoms with E-state index in [9.17, 15) is 4.79 Å². The number of carbonyl (C=O) groups excluding carboxylic acids is 1. The molecule has 6 heteroatoms. The molecule has 27 heavy (non-hydrogen) atoms. The minimum absolute atomic E-state index is 0.106. The van der Waals surface area contributed by atoms with Crippen molar-refractivity contribution in [3.63, 3.8) is 0 Å². The lowest BCUT2D eigenvalue weighted by atomic mass is 10.0. The molecule has 0 fully saturated rings. The third-order valence-electron chi connectivity index (χ3n) is 4.22. The van der Waals surface area contributed by atoms with Crippen LogP contribution >= 0.6 is 23.1 Å². The van der Waals surface area contributed by atoms with Gasteiger partial charge in [-0.1, -0.05) is 78.9 Å². The Bertz CT molecular complexity index is 902. The Morgan fingerprint density at radius 2 is 1.67 bits per heavy atom. The fraction of sp³-hybridized carbons (Fsp3) is 0.286. The molecule has 3 rings (SSSR count). The first-order valence-corrected chi connectivity index (χ1v) is 10.6. The van der Waals surface area contributed by atoms with Crippen molar-refractivity contribution in [3.05, 3.63) is 65.2 Å². The second kappa shape index (κ2) is 8.67. The van der Waals surface area contributed by atoms with Gasteiger partial charge in [0, 0.05) is 11.3 Å². The van der Waals surface area contributed by atoms with Gasteiger partial charge in [-0.3, -0.25) is 4.79 Å². The quantitative estimate of drug-likeness (QED) is 0.387. The zero-order chi connectivity index (χ0) is 19.4. The molecule has 3 aromatic rings. The van der Waals surface area contributed by atoms with Crippen molar-refractivity contribution in [2.75, 3.05) is 5.32 Å². The molecule has 0 radical (unpaired) electrons. The molecule has 2 aromatic carbocycles. The van der Waals surface area contributed by atoms with E-state index >= 15 is 0 Å². The number of benzene rings is 2. The predicted octanol–water partition coefficient (Wildman–Crippen LogP) is 6.08. The number of anilines is 2. The topological polar surface area (TPSA) is 54.9 Å². The lowest BCUT2D eigenvalue weighted by Gasteiger charge is -2.08. The van der Waals surface area contributed by atoms with E-state index in [0.29, 0.717) is 5.92 Å². The molecule has 0 aliphatic heterocycles. The number of aromatic nitrogens is 2. The van der Waals surface area contributed by atoms with Crippen LogP contribution in [0.15, 0.2) is 52.9 Å². The number of ketones is 1. The third-order valence-corrected chi connectivity index (χ3v) is 6.24. The van der Waals surface area contributed by atoms with Crippen LogP contribution in [0.1, 0.15) is 48.2 Å². The maximum Gasteiger partial charge on any atom is 0.210 e. The van der Waals surface area contributed by atoms with Gasteiger partial charge in [0.25, 0.3) is 0 Å². The minimum atomic E-state index is -0.209. The molecule has 1 atom stereocenters. The van der Waals surface area contributed by atoms with Crippen LogP contribution in [-0.2, 0) is 0 Å². The summed E-state index contributed by atoms with van der Waals surface area (Å²) in [6.07, 6.45) is 0. The Balaban J connectivity index is 1.61. The van der Waals surface area contributed by atoms with Gasteiger partial charge >= 0.3 is 0 Å². The standard InChI is InChI=1S/C21H23N3OS2/c1-13(2)16-9-11-18(12-10-16)22-20-23-24-21(27-20)26-15(4)19(25)17-7-5-14(3)6-8-17/h5-13,15H,1-4H3,(H,22,23)/t15-/m1/s1. The predicted molar refractivity (Wildman–Crippen MR) is 115 cm³/mol. The molecule has 0 aliphatic carbocycles. The summed E-state index contributed by atoms with van der Waals surface area (Å²) in [4.78, 5) is 12.6. The number of hydrogen-bond acceptors (Lipinski definition) is 6. The van der Waals surface area contributed by atoms with Gasteiger partial charge in [0.15, 0.2) is 10.1 Å². The van der Waals surface area contributed by atoms with Crippen molar-refractivity contribution in [3.8, 4) is 0 Å². The molecule has 0 saturated carbocycles. The molecule has 140 valence electrons. The van der Waals surface area contributed by atoms with Gasteiger partial charge in [-0.25, -0.2) is 0 Å². The Morgan fingerprint density at radius 3 is 2.30 bits per heavy atom. The van der Waals surface area contributed by atoms with Gasteiger partial charge in [0.05, 0.1) is 5.25 Å². The van der Waals surface area contributed by atoms with Crippen LogP contribution < -0.4 is 5.32 Å². The number of carbonyl (C=O) groups is 1. The van der Waals surface area contributed by atoms with Crippen LogP contribution in [0.5, 0.6) is 0 Å². The van der Waals surface area contributed by atoms with E-state index < -0.39 is 0 Å². The van der Waals surface area contributed by atoms with Gasteiger partial charge < -0.3 is 5.32 Å². The highest BCUT2D eigenvalue weighted by atomic mass is 32.2. The van der Waals surface area contributed by atoms with Gasteiger partial charge in [-0.2, -0.15) is 0 Å². The summed E-state index contributed by atoms with van der Waals surface area (Å²) < 4.78 is 0.782.